The monoisotopic (exact) mass is 249 g/mol. The molecule has 0 aliphatic rings. The third-order valence-electron chi connectivity index (χ3n) is 2.13. The summed E-state index contributed by atoms with van der Waals surface area (Å²) in [4.78, 5) is 19.4. The average molecular weight is 250 g/mol. The molecule has 1 amide bonds. The van der Waals surface area contributed by atoms with Crippen LogP contribution in [0.15, 0.2) is 49.1 Å². The quantitative estimate of drug-likeness (QED) is 0.903. The van der Waals surface area contributed by atoms with E-state index in [1.807, 2.05) is 12.1 Å². The normalized spacial score (nSPS) is 9.18. The SMILES string of the molecule is Cl.O=C(NCc1ccncc1)c1cccnc1. The average Bonchev–Trinajstić information content (AvgIpc) is 2.38. The van der Waals surface area contributed by atoms with Gasteiger partial charge in [-0.3, -0.25) is 14.8 Å². The molecule has 2 heterocycles. The summed E-state index contributed by atoms with van der Waals surface area (Å²) in [6, 6.07) is 7.20. The molecular formula is C12H12ClN3O. The number of carbonyl (C=O) groups is 1. The fourth-order valence-corrected chi connectivity index (χ4v) is 1.28. The molecule has 17 heavy (non-hydrogen) atoms. The second kappa shape index (κ2) is 6.60. The summed E-state index contributed by atoms with van der Waals surface area (Å²) < 4.78 is 0. The van der Waals surface area contributed by atoms with Gasteiger partial charge in [0.1, 0.15) is 0 Å². The molecule has 1 N–H and O–H groups in total. The van der Waals surface area contributed by atoms with Crippen molar-refractivity contribution in [3.05, 3.63) is 60.2 Å². The topological polar surface area (TPSA) is 54.9 Å². The minimum Gasteiger partial charge on any atom is -0.348 e. The molecule has 0 aromatic carbocycles. The zero-order valence-corrected chi connectivity index (χ0v) is 9.85. The zero-order valence-electron chi connectivity index (χ0n) is 9.04. The van der Waals surface area contributed by atoms with Crippen LogP contribution in [0, 0.1) is 0 Å². The second-order valence-electron chi connectivity index (χ2n) is 3.28. The lowest BCUT2D eigenvalue weighted by Crippen LogP contribution is -2.22. The second-order valence-corrected chi connectivity index (χ2v) is 3.28. The number of amides is 1. The van der Waals surface area contributed by atoms with E-state index < -0.39 is 0 Å². The van der Waals surface area contributed by atoms with Crippen LogP contribution >= 0.6 is 12.4 Å². The lowest BCUT2D eigenvalue weighted by Gasteiger charge is -2.04. The van der Waals surface area contributed by atoms with Crippen molar-refractivity contribution in [3.63, 3.8) is 0 Å². The van der Waals surface area contributed by atoms with Gasteiger partial charge in [-0.25, -0.2) is 0 Å². The molecule has 4 nitrogen and oxygen atoms in total. The van der Waals surface area contributed by atoms with Crippen LogP contribution in [0.5, 0.6) is 0 Å². The van der Waals surface area contributed by atoms with Crippen molar-refractivity contribution in [3.8, 4) is 0 Å². The molecule has 2 aromatic rings. The zero-order chi connectivity index (χ0) is 11.2. The molecule has 0 aliphatic carbocycles. The molecule has 0 radical (unpaired) electrons. The van der Waals surface area contributed by atoms with Crippen molar-refractivity contribution in [2.75, 3.05) is 0 Å². The first-order valence-electron chi connectivity index (χ1n) is 4.93. The molecule has 0 aliphatic heterocycles. The Morgan fingerprint density at radius 2 is 1.88 bits per heavy atom. The van der Waals surface area contributed by atoms with Gasteiger partial charge in [0.15, 0.2) is 0 Å². The Morgan fingerprint density at radius 1 is 1.12 bits per heavy atom. The highest BCUT2D eigenvalue weighted by atomic mass is 35.5. The summed E-state index contributed by atoms with van der Waals surface area (Å²) in [7, 11) is 0. The number of nitrogens with one attached hydrogen (secondary N) is 1. The summed E-state index contributed by atoms with van der Waals surface area (Å²) in [5, 5.41) is 2.81. The van der Waals surface area contributed by atoms with Crippen molar-refractivity contribution >= 4 is 18.3 Å². The lowest BCUT2D eigenvalue weighted by atomic mass is 10.2. The molecule has 2 rings (SSSR count). The maximum atomic E-state index is 11.7. The van der Waals surface area contributed by atoms with Crippen LogP contribution in [0.4, 0.5) is 0 Å². The highest BCUT2D eigenvalue weighted by Gasteiger charge is 2.03. The van der Waals surface area contributed by atoms with Gasteiger partial charge in [0.05, 0.1) is 5.56 Å². The lowest BCUT2D eigenvalue weighted by molar-refractivity contribution is 0.0950. The molecule has 0 saturated carbocycles. The van der Waals surface area contributed by atoms with E-state index in [9.17, 15) is 4.79 Å². The van der Waals surface area contributed by atoms with Crippen LogP contribution < -0.4 is 5.32 Å². The van der Waals surface area contributed by atoms with Crippen LogP contribution in [0.25, 0.3) is 0 Å². The van der Waals surface area contributed by atoms with Gasteiger partial charge in [0.25, 0.3) is 5.91 Å². The molecule has 0 saturated heterocycles. The minimum atomic E-state index is -0.120. The summed E-state index contributed by atoms with van der Waals surface area (Å²) in [5.41, 5.74) is 1.59. The molecule has 5 heteroatoms. The Hall–Kier alpha value is -1.94. The molecule has 2 aromatic heterocycles. The molecule has 0 fully saturated rings. The Balaban J connectivity index is 0.00000144. The Labute approximate surface area is 106 Å². The summed E-state index contributed by atoms with van der Waals surface area (Å²) in [6.07, 6.45) is 6.58. The molecule has 0 atom stereocenters. The van der Waals surface area contributed by atoms with E-state index in [-0.39, 0.29) is 18.3 Å². The Morgan fingerprint density at radius 3 is 2.53 bits per heavy atom. The first kappa shape index (κ1) is 13.1. The van der Waals surface area contributed by atoms with Crippen LogP contribution in [-0.4, -0.2) is 15.9 Å². The molecule has 0 bridgehead atoms. The summed E-state index contributed by atoms with van der Waals surface area (Å²) >= 11 is 0. The predicted molar refractivity (Wildman–Crippen MR) is 66.9 cm³/mol. The number of aromatic nitrogens is 2. The molecular weight excluding hydrogens is 238 g/mol. The van der Waals surface area contributed by atoms with Gasteiger partial charge in [-0.05, 0) is 29.8 Å². The first-order valence-corrected chi connectivity index (χ1v) is 4.93. The maximum absolute atomic E-state index is 11.7. The van der Waals surface area contributed by atoms with Crippen LogP contribution in [0.1, 0.15) is 15.9 Å². The van der Waals surface area contributed by atoms with Crippen LogP contribution in [0.3, 0.4) is 0 Å². The minimum absolute atomic E-state index is 0. The van der Waals surface area contributed by atoms with Gasteiger partial charge in [0.2, 0.25) is 0 Å². The number of nitrogens with zero attached hydrogens (tertiary/aromatic N) is 2. The van der Waals surface area contributed by atoms with Gasteiger partial charge < -0.3 is 5.32 Å². The third-order valence-corrected chi connectivity index (χ3v) is 2.13. The van der Waals surface area contributed by atoms with Gasteiger partial charge in [-0.1, -0.05) is 0 Å². The van der Waals surface area contributed by atoms with E-state index in [0.29, 0.717) is 12.1 Å². The van der Waals surface area contributed by atoms with E-state index in [4.69, 9.17) is 0 Å². The largest absolute Gasteiger partial charge is 0.348 e. The van der Waals surface area contributed by atoms with E-state index in [0.717, 1.165) is 5.56 Å². The van der Waals surface area contributed by atoms with Gasteiger partial charge in [-0.15, -0.1) is 12.4 Å². The highest BCUT2D eigenvalue weighted by molar-refractivity contribution is 5.93. The van der Waals surface area contributed by atoms with Crippen molar-refractivity contribution in [2.24, 2.45) is 0 Å². The van der Waals surface area contributed by atoms with Crippen LogP contribution in [0.2, 0.25) is 0 Å². The maximum Gasteiger partial charge on any atom is 0.253 e. The van der Waals surface area contributed by atoms with E-state index in [1.165, 1.54) is 0 Å². The van der Waals surface area contributed by atoms with Gasteiger partial charge in [-0.2, -0.15) is 0 Å². The first-order chi connectivity index (χ1) is 7.86. The number of pyridine rings is 2. The van der Waals surface area contributed by atoms with Gasteiger partial charge >= 0.3 is 0 Å². The summed E-state index contributed by atoms with van der Waals surface area (Å²) in [6.45, 7) is 0.496. The third kappa shape index (κ3) is 3.85. The van der Waals surface area contributed by atoms with Gasteiger partial charge in [0, 0.05) is 31.3 Å². The Kier molecular flexibility index (Phi) is 5.10. The molecule has 0 unspecified atom stereocenters. The van der Waals surface area contributed by atoms with Crippen LogP contribution in [-0.2, 0) is 6.54 Å². The van der Waals surface area contributed by atoms with Crippen molar-refractivity contribution < 1.29 is 4.79 Å². The molecule has 0 spiro atoms. The number of hydrogen-bond donors (Lipinski definition) is 1. The van der Waals surface area contributed by atoms with Crippen molar-refractivity contribution in [2.45, 2.75) is 6.54 Å². The highest BCUT2D eigenvalue weighted by Crippen LogP contribution is 1.98. The molecule has 88 valence electrons. The van der Waals surface area contributed by atoms with E-state index in [1.54, 1.807) is 36.9 Å². The fourth-order valence-electron chi connectivity index (χ4n) is 1.28. The van der Waals surface area contributed by atoms with E-state index in [2.05, 4.69) is 15.3 Å². The number of rotatable bonds is 3. The Bertz CT molecular complexity index is 462. The van der Waals surface area contributed by atoms with Crippen molar-refractivity contribution in [1.82, 2.24) is 15.3 Å². The van der Waals surface area contributed by atoms with Crippen molar-refractivity contribution in [1.29, 1.82) is 0 Å². The smallest absolute Gasteiger partial charge is 0.253 e. The number of hydrogen-bond acceptors (Lipinski definition) is 3. The van der Waals surface area contributed by atoms with E-state index >= 15 is 0 Å². The number of carbonyl (C=O) groups excluding carboxylic acids is 1. The fraction of sp³-hybridized carbons (Fsp3) is 0.0833. The predicted octanol–water partition coefficient (Wildman–Crippen LogP) is 1.83. The summed E-state index contributed by atoms with van der Waals surface area (Å²) in [5.74, 6) is -0.120. The number of halogens is 1. The standard InChI is InChI=1S/C12H11N3O.ClH/c16-12(11-2-1-5-14-9-11)15-8-10-3-6-13-7-4-10;/h1-7,9H,8H2,(H,15,16);1H.